The molecular weight excluding hydrogens is 430 g/mol. The van der Waals surface area contributed by atoms with Gasteiger partial charge in [-0.3, -0.25) is 19.7 Å². The molecule has 0 aliphatic heterocycles. The molecule has 0 atom stereocenters. The highest BCUT2D eigenvalue weighted by atomic mass is 35.5. The number of methoxy groups -OCH3 is 1. The number of benzene rings is 2. The fourth-order valence-corrected chi connectivity index (χ4v) is 2.74. The Balaban J connectivity index is 1.54. The van der Waals surface area contributed by atoms with Gasteiger partial charge in [-0.15, -0.1) is 0 Å². The van der Waals surface area contributed by atoms with Crippen LogP contribution in [0.4, 0.5) is 5.69 Å². The molecule has 2 amide bonds. The lowest BCUT2D eigenvalue weighted by atomic mass is 10.2. The van der Waals surface area contributed by atoms with Gasteiger partial charge in [-0.25, -0.2) is 0 Å². The van der Waals surface area contributed by atoms with Gasteiger partial charge in [0, 0.05) is 35.8 Å². The van der Waals surface area contributed by atoms with E-state index in [4.69, 9.17) is 20.9 Å². The zero-order valence-electron chi connectivity index (χ0n) is 16.1. The van der Waals surface area contributed by atoms with Crippen LogP contribution in [0.25, 0.3) is 11.4 Å². The van der Waals surface area contributed by atoms with Gasteiger partial charge in [0.15, 0.2) is 0 Å². The van der Waals surface area contributed by atoms with Crippen molar-refractivity contribution in [2.75, 3.05) is 20.2 Å². The maximum atomic E-state index is 12.3. The molecule has 0 aliphatic carbocycles. The number of rotatable bonds is 8. The number of carbonyl (C=O) groups excluding carboxylic acids is 2. The lowest BCUT2D eigenvalue weighted by Crippen LogP contribution is -2.35. The van der Waals surface area contributed by atoms with E-state index in [0.717, 1.165) is 0 Å². The van der Waals surface area contributed by atoms with Crippen molar-refractivity contribution in [2.24, 2.45) is 0 Å². The van der Waals surface area contributed by atoms with Crippen LogP contribution in [0.1, 0.15) is 21.0 Å². The summed E-state index contributed by atoms with van der Waals surface area (Å²) in [6.07, 6.45) is 0. The van der Waals surface area contributed by atoms with Gasteiger partial charge in [-0.05, 0) is 18.2 Å². The van der Waals surface area contributed by atoms with Crippen molar-refractivity contribution in [3.63, 3.8) is 0 Å². The lowest BCUT2D eigenvalue weighted by Gasteiger charge is -2.09. The number of carbonyl (C=O) groups is 2. The predicted molar refractivity (Wildman–Crippen MR) is 109 cm³/mol. The monoisotopic (exact) mass is 445 g/mol. The number of ether oxygens (including phenoxy) is 1. The summed E-state index contributed by atoms with van der Waals surface area (Å²) >= 11 is 5.91. The van der Waals surface area contributed by atoms with Gasteiger partial charge in [0.25, 0.3) is 11.6 Å². The summed E-state index contributed by atoms with van der Waals surface area (Å²) < 4.78 is 10.0. The van der Waals surface area contributed by atoms with Gasteiger partial charge in [0.1, 0.15) is 5.75 Å². The Bertz CT molecular complexity index is 1130. The van der Waals surface area contributed by atoms with Crippen LogP contribution in [0.3, 0.4) is 0 Å². The average Bonchev–Trinajstić information content (AvgIpc) is 3.27. The molecule has 1 heterocycles. The molecule has 31 heavy (non-hydrogen) atoms. The highest BCUT2D eigenvalue weighted by Crippen LogP contribution is 2.23. The maximum absolute atomic E-state index is 12.3. The number of hydrogen-bond donors (Lipinski definition) is 2. The smallest absolute Gasteiger partial charge is 0.316 e. The Labute approximate surface area is 180 Å². The standard InChI is InChI=1S/C19H16ClN5O6/c1-30-15-6-5-12(20)10-14(15)17(26)21-7-8-22-18(27)19-23-16(24-31-19)11-3-2-4-13(9-11)25(28)29/h2-6,9-10H,7-8H2,1H3,(H,21,26)(H,22,27). The zero-order chi connectivity index (χ0) is 22.4. The van der Waals surface area contributed by atoms with E-state index in [1.54, 1.807) is 18.2 Å². The molecule has 0 aliphatic rings. The summed E-state index contributed by atoms with van der Waals surface area (Å²) in [5, 5.41) is 20.1. The minimum absolute atomic E-state index is 0.0372. The van der Waals surface area contributed by atoms with Crippen LogP contribution >= 0.6 is 11.6 Å². The van der Waals surface area contributed by atoms with Gasteiger partial charge in [0.05, 0.1) is 17.6 Å². The molecule has 160 valence electrons. The van der Waals surface area contributed by atoms with Gasteiger partial charge in [-0.2, -0.15) is 4.98 Å². The summed E-state index contributed by atoms with van der Waals surface area (Å²) in [5.74, 6) is -0.983. The lowest BCUT2D eigenvalue weighted by molar-refractivity contribution is -0.384. The van der Waals surface area contributed by atoms with Crippen LogP contribution in [0.5, 0.6) is 5.75 Å². The Morgan fingerprint density at radius 2 is 1.90 bits per heavy atom. The number of nitrogens with zero attached hydrogens (tertiary/aromatic N) is 3. The number of nitro groups is 1. The van der Waals surface area contributed by atoms with Crippen molar-refractivity contribution in [2.45, 2.75) is 0 Å². The van der Waals surface area contributed by atoms with Crippen LogP contribution in [-0.4, -0.2) is 47.1 Å². The fraction of sp³-hybridized carbons (Fsp3) is 0.158. The molecule has 0 unspecified atom stereocenters. The van der Waals surface area contributed by atoms with Crippen molar-refractivity contribution in [3.8, 4) is 17.1 Å². The number of hydrogen-bond acceptors (Lipinski definition) is 8. The molecule has 3 aromatic rings. The highest BCUT2D eigenvalue weighted by Gasteiger charge is 2.18. The first-order valence-electron chi connectivity index (χ1n) is 8.87. The second kappa shape index (κ2) is 9.67. The fourth-order valence-electron chi connectivity index (χ4n) is 2.57. The van der Waals surface area contributed by atoms with Crippen LogP contribution in [0, 0.1) is 10.1 Å². The summed E-state index contributed by atoms with van der Waals surface area (Å²) in [4.78, 5) is 38.7. The number of non-ortho nitro benzene ring substituents is 1. The van der Waals surface area contributed by atoms with E-state index in [2.05, 4.69) is 20.8 Å². The van der Waals surface area contributed by atoms with E-state index in [1.165, 1.54) is 31.4 Å². The van der Waals surface area contributed by atoms with E-state index in [1.807, 2.05) is 0 Å². The predicted octanol–water partition coefficient (Wildman–Crippen LogP) is 2.47. The second-order valence-corrected chi connectivity index (χ2v) is 6.52. The third-order valence-electron chi connectivity index (χ3n) is 4.04. The van der Waals surface area contributed by atoms with Crippen molar-refractivity contribution < 1.29 is 23.8 Å². The molecule has 0 spiro atoms. The first-order valence-corrected chi connectivity index (χ1v) is 9.25. The Hall–Kier alpha value is -3.99. The molecule has 0 radical (unpaired) electrons. The van der Waals surface area contributed by atoms with E-state index in [-0.39, 0.29) is 36.1 Å². The molecule has 11 nitrogen and oxygen atoms in total. The van der Waals surface area contributed by atoms with Crippen molar-refractivity contribution in [1.82, 2.24) is 20.8 Å². The number of nitrogens with one attached hydrogen (secondary N) is 2. The summed E-state index contributed by atoms with van der Waals surface area (Å²) in [6, 6.07) is 10.3. The molecule has 2 N–H and O–H groups in total. The van der Waals surface area contributed by atoms with E-state index in [0.29, 0.717) is 16.3 Å². The van der Waals surface area contributed by atoms with Gasteiger partial charge < -0.3 is 19.9 Å². The normalized spacial score (nSPS) is 10.4. The molecular formula is C19H16ClN5O6. The Morgan fingerprint density at radius 3 is 2.61 bits per heavy atom. The van der Waals surface area contributed by atoms with Gasteiger partial charge >= 0.3 is 11.8 Å². The Kier molecular flexibility index (Phi) is 6.78. The first kappa shape index (κ1) is 21.7. The molecule has 1 aromatic heterocycles. The summed E-state index contributed by atoms with van der Waals surface area (Å²) in [6.45, 7) is 0.202. The van der Waals surface area contributed by atoms with Crippen LogP contribution < -0.4 is 15.4 Å². The van der Waals surface area contributed by atoms with Crippen LogP contribution in [-0.2, 0) is 0 Å². The molecule has 3 rings (SSSR count). The zero-order valence-corrected chi connectivity index (χ0v) is 16.9. The van der Waals surface area contributed by atoms with E-state index < -0.39 is 16.7 Å². The second-order valence-electron chi connectivity index (χ2n) is 6.09. The third-order valence-corrected chi connectivity index (χ3v) is 4.27. The minimum Gasteiger partial charge on any atom is -0.496 e. The number of aromatic nitrogens is 2. The summed E-state index contributed by atoms with van der Waals surface area (Å²) in [7, 11) is 1.44. The first-order chi connectivity index (χ1) is 14.9. The van der Waals surface area contributed by atoms with Gasteiger partial charge in [-0.1, -0.05) is 28.9 Å². The molecule has 0 bridgehead atoms. The van der Waals surface area contributed by atoms with Crippen molar-refractivity contribution in [3.05, 3.63) is 69.1 Å². The number of amides is 2. The quantitative estimate of drug-likeness (QED) is 0.305. The average molecular weight is 446 g/mol. The highest BCUT2D eigenvalue weighted by molar-refractivity contribution is 6.31. The third kappa shape index (κ3) is 5.34. The Morgan fingerprint density at radius 1 is 1.16 bits per heavy atom. The molecule has 0 saturated heterocycles. The van der Waals surface area contributed by atoms with E-state index in [9.17, 15) is 19.7 Å². The van der Waals surface area contributed by atoms with Crippen LogP contribution in [0.15, 0.2) is 47.0 Å². The van der Waals surface area contributed by atoms with Gasteiger partial charge in [0.2, 0.25) is 5.82 Å². The minimum atomic E-state index is -0.654. The molecule has 0 fully saturated rings. The number of halogens is 1. The van der Waals surface area contributed by atoms with Crippen molar-refractivity contribution in [1.29, 1.82) is 0 Å². The number of nitro benzene ring substituents is 1. The molecule has 12 heteroatoms. The molecule has 0 saturated carbocycles. The largest absolute Gasteiger partial charge is 0.496 e. The van der Waals surface area contributed by atoms with Crippen LogP contribution in [0.2, 0.25) is 5.02 Å². The SMILES string of the molecule is COc1ccc(Cl)cc1C(=O)NCCNC(=O)c1nc(-c2cccc([N+](=O)[O-])c2)no1. The molecule has 2 aromatic carbocycles. The van der Waals surface area contributed by atoms with Crippen molar-refractivity contribution >= 4 is 29.1 Å². The van der Waals surface area contributed by atoms with E-state index >= 15 is 0 Å². The summed E-state index contributed by atoms with van der Waals surface area (Å²) in [5.41, 5.74) is 0.458. The maximum Gasteiger partial charge on any atom is 0.316 e. The topological polar surface area (TPSA) is 149 Å².